The minimum Gasteiger partial charge on any atom is -0.256 e. The average Bonchev–Trinajstić information content (AvgIpc) is 2.78. The molecule has 0 aliphatic heterocycles. The maximum absolute atomic E-state index is 6.22. The molecule has 1 aliphatic rings. The van der Waals surface area contributed by atoms with E-state index in [9.17, 15) is 0 Å². The van der Waals surface area contributed by atoms with E-state index < -0.39 is 0 Å². The Morgan fingerprint density at radius 2 is 1.71 bits per heavy atom. The van der Waals surface area contributed by atoms with Gasteiger partial charge in [0.05, 0.1) is 5.69 Å². The van der Waals surface area contributed by atoms with E-state index in [1.807, 2.05) is 24.4 Å². The molecule has 2 heteroatoms. The molecule has 0 unspecified atom stereocenters. The van der Waals surface area contributed by atoms with Crippen LogP contribution in [0.15, 0.2) is 42.6 Å². The first-order chi connectivity index (χ1) is 10.1. The fourth-order valence-electron chi connectivity index (χ4n) is 3.20. The predicted molar refractivity (Wildman–Crippen MR) is 89.6 cm³/mol. The Bertz CT molecular complexity index is 902. The van der Waals surface area contributed by atoms with E-state index in [0.29, 0.717) is 0 Å². The Hall–Kier alpha value is -2.12. The summed E-state index contributed by atoms with van der Waals surface area (Å²) in [6, 6.07) is 12.7. The summed E-state index contributed by atoms with van der Waals surface area (Å²) in [5, 5.41) is 3.13. The van der Waals surface area contributed by atoms with Crippen molar-refractivity contribution in [1.82, 2.24) is 4.98 Å². The minimum atomic E-state index is 0.771. The topological polar surface area (TPSA) is 12.9 Å². The third-order valence-electron chi connectivity index (χ3n) is 3.95. The highest BCUT2D eigenvalue weighted by molar-refractivity contribution is 6.32. The van der Waals surface area contributed by atoms with E-state index in [2.05, 4.69) is 43.1 Å². The molecule has 4 rings (SSSR count). The molecule has 102 valence electrons. The largest absolute Gasteiger partial charge is 0.256 e. The van der Waals surface area contributed by atoms with Gasteiger partial charge in [0, 0.05) is 22.2 Å². The van der Waals surface area contributed by atoms with Gasteiger partial charge in [-0.15, -0.1) is 0 Å². The highest BCUT2D eigenvalue weighted by atomic mass is 35.5. The van der Waals surface area contributed by atoms with Gasteiger partial charge < -0.3 is 0 Å². The fourth-order valence-corrected chi connectivity index (χ4v) is 3.44. The van der Waals surface area contributed by atoms with Crippen LogP contribution in [-0.4, -0.2) is 4.98 Å². The van der Waals surface area contributed by atoms with Crippen LogP contribution in [0.5, 0.6) is 0 Å². The SMILES string of the molecule is Cc1cc(C)cc(C2=Cc3cc(Cl)cc4ccnc2c34)c1. The maximum Gasteiger partial charge on any atom is 0.0792 e. The van der Waals surface area contributed by atoms with Crippen LogP contribution in [0, 0.1) is 13.8 Å². The minimum absolute atomic E-state index is 0.771. The number of halogens is 1. The third kappa shape index (κ3) is 1.97. The van der Waals surface area contributed by atoms with Gasteiger partial charge in [-0.25, -0.2) is 0 Å². The molecule has 2 aromatic carbocycles. The lowest BCUT2D eigenvalue weighted by Gasteiger charge is -2.08. The average molecular weight is 292 g/mol. The second kappa shape index (κ2) is 4.44. The van der Waals surface area contributed by atoms with Crippen molar-refractivity contribution in [2.75, 3.05) is 0 Å². The van der Waals surface area contributed by atoms with Gasteiger partial charge in [-0.3, -0.25) is 4.98 Å². The van der Waals surface area contributed by atoms with Crippen LogP contribution in [0.3, 0.4) is 0 Å². The Kier molecular flexibility index (Phi) is 2.66. The smallest absolute Gasteiger partial charge is 0.0792 e. The Labute approximate surface area is 128 Å². The molecule has 1 aliphatic carbocycles. The van der Waals surface area contributed by atoms with Gasteiger partial charge in [0.2, 0.25) is 0 Å². The number of rotatable bonds is 1. The highest BCUT2D eigenvalue weighted by Gasteiger charge is 2.20. The molecule has 0 N–H and O–H groups in total. The molecule has 0 spiro atoms. The summed E-state index contributed by atoms with van der Waals surface area (Å²) in [4.78, 5) is 4.61. The summed E-state index contributed by atoms with van der Waals surface area (Å²) >= 11 is 6.22. The Balaban J connectivity index is 2.01. The van der Waals surface area contributed by atoms with Crippen molar-refractivity contribution in [2.24, 2.45) is 0 Å². The molecule has 0 saturated carbocycles. The fraction of sp³-hybridized carbons (Fsp3) is 0.105. The standard InChI is InChI=1S/C19H14ClN/c1-11-5-12(2)7-14(6-11)17-10-15-9-16(20)8-13-3-4-21-19(17)18(13)15/h3-10H,1-2H3. The van der Waals surface area contributed by atoms with Crippen molar-refractivity contribution in [3.8, 4) is 0 Å². The first-order valence-corrected chi connectivity index (χ1v) is 7.38. The molecular formula is C19H14ClN. The number of benzene rings is 2. The van der Waals surface area contributed by atoms with Crippen molar-refractivity contribution in [1.29, 1.82) is 0 Å². The number of pyridine rings is 1. The molecule has 0 amide bonds. The van der Waals surface area contributed by atoms with Crippen molar-refractivity contribution in [3.05, 3.63) is 75.6 Å². The van der Waals surface area contributed by atoms with Crippen molar-refractivity contribution in [3.63, 3.8) is 0 Å². The normalized spacial score (nSPS) is 12.8. The molecule has 0 bridgehead atoms. The van der Waals surface area contributed by atoms with Gasteiger partial charge in [0.1, 0.15) is 0 Å². The molecular weight excluding hydrogens is 278 g/mol. The summed E-state index contributed by atoms with van der Waals surface area (Å²) in [6.07, 6.45) is 4.06. The first kappa shape index (κ1) is 12.6. The van der Waals surface area contributed by atoms with Crippen molar-refractivity contribution in [2.45, 2.75) is 13.8 Å². The van der Waals surface area contributed by atoms with E-state index in [1.165, 1.54) is 27.6 Å². The number of aromatic nitrogens is 1. The van der Waals surface area contributed by atoms with Gasteiger partial charge in [-0.05, 0) is 54.6 Å². The molecule has 21 heavy (non-hydrogen) atoms. The van der Waals surface area contributed by atoms with Crippen LogP contribution in [0.25, 0.3) is 22.4 Å². The zero-order chi connectivity index (χ0) is 14.6. The predicted octanol–water partition coefficient (Wildman–Crippen LogP) is 5.41. The lowest BCUT2D eigenvalue weighted by Crippen LogP contribution is -1.91. The van der Waals surface area contributed by atoms with E-state index in [4.69, 9.17) is 11.6 Å². The van der Waals surface area contributed by atoms with Gasteiger partial charge in [0.15, 0.2) is 0 Å². The summed E-state index contributed by atoms with van der Waals surface area (Å²) < 4.78 is 0. The highest BCUT2D eigenvalue weighted by Crippen LogP contribution is 2.40. The molecule has 1 nitrogen and oxygen atoms in total. The number of nitrogens with zero attached hydrogens (tertiary/aromatic N) is 1. The Morgan fingerprint density at radius 3 is 2.48 bits per heavy atom. The van der Waals surface area contributed by atoms with Crippen LogP contribution in [0.2, 0.25) is 5.02 Å². The number of hydrogen-bond acceptors (Lipinski definition) is 1. The third-order valence-corrected chi connectivity index (χ3v) is 4.16. The van der Waals surface area contributed by atoms with Gasteiger partial charge in [0.25, 0.3) is 0 Å². The zero-order valence-corrected chi connectivity index (χ0v) is 12.7. The Morgan fingerprint density at radius 1 is 0.952 bits per heavy atom. The van der Waals surface area contributed by atoms with E-state index in [0.717, 1.165) is 21.7 Å². The van der Waals surface area contributed by atoms with Crippen LogP contribution in [0.1, 0.15) is 27.9 Å². The molecule has 0 radical (unpaired) electrons. The van der Waals surface area contributed by atoms with Crippen LogP contribution in [-0.2, 0) is 0 Å². The van der Waals surface area contributed by atoms with Crippen LogP contribution >= 0.6 is 11.6 Å². The lowest BCUT2D eigenvalue weighted by atomic mass is 9.99. The number of hydrogen-bond donors (Lipinski definition) is 0. The molecule has 1 aromatic heterocycles. The van der Waals surface area contributed by atoms with E-state index >= 15 is 0 Å². The van der Waals surface area contributed by atoms with Crippen molar-refractivity contribution < 1.29 is 0 Å². The summed E-state index contributed by atoms with van der Waals surface area (Å²) in [5.74, 6) is 0. The molecule has 0 fully saturated rings. The molecule has 0 atom stereocenters. The second-order valence-corrected chi connectivity index (χ2v) is 6.12. The van der Waals surface area contributed by atoms with Crippen LogP contribution < -0.4 is 0 Å². The van der Waals surface area contributed by atoms with Gasteiger partial charge in [-0.1, -0.05) is 40.9 Å². The van der Waals surface area contributed by atoms with Crippen LogP contribution in [0.4, 0.5) is 0 Å². The van der Waals surface area contributed by atoms with E-state index in [-0.39, 0.29) is 0 Å². The summed E-state index contributed by atoms with van der Waals surface area (Å²) in [6.45, 7) is 4.26. The summed E-state index contributed by atoms with van der Waals surface area (Å²) in [5.41, 5.74) is 7.17. The quantitative estimate of drug-likeness (QED) is 0.457. The lowest BCUT2D eigenvalue weighted by molar-refractivity contribution is 1.30. The first-order valence-electron chi connectivity index (χ1n) is 7.01. The van der Waals surface area contributed by atoms with Crippen molar-refractivity contribution >= 4 is 34.0 Å². The molecule has 3 aromatic rings. The molecule has 0 saturated heterocycles. The molecule has 1 heterocycles. The maximum atomic E-state index is 6.22. The van der Waals surface area contributed by atoms with Gasteiger partial charge in [-0.2, -0.15) is 0 Å². The van der Waals surface area contributed by atoms with Gasteiger partial charge >= 0.3 is 0 Å². The second-order valence-electron chi connectivity index (χ2n) is 5.69. The summed E-state index contributed by atoms with van der Waals surface area (Å²) in [7, 11) is 0. The van der Waals surface area contributed by atoms with E-state index in [1.54, 1.807) is 0 Å². The monoisotopic (exact) mass is 291 g/mol. The number of aryl methyl sites for hydroxylation is 2. The zero-order valence-electron chi connectivity index (χ0n) is 11.9.